The quantitative estimate of drug-likeness (QED) is 0.632. The second-order valence-corrected chi connectivity index (χ2v) is 4.19. The lowest BCUT2D eigenvalue weighted by Crippen LogP contribution is -2.29. The highest BCUT2D eigenvalue weighted by atomic mass is 79.9. The van der Waals surface area contributed by atoms with E-state index in [1.54, 1.807) is 0 Å². The van der Waals surface area contributed by atoms with Crippen LogP contribution in [-0.2, 0) is 4.74 Å². The maximum absolute atomic E-state index is 5.55. The Morgan fingerprint density at radius 1 is 1.50 bits per heavy atom. The predicted octanol–water partition coefficient (Wildman–Crippen LogP) is 2.23. The number of allylic oxidation sites excluding steroid dienone is 3. The number of hydrogen-bond donors (Lipinski definition) is 0. The van der Waals surface area contributed by atoms with Crippen LogP contribution in [0.2, 0.25) is 0 Å². The van der Waals surface area contributed by atoms with Gasteiger partial charge in [0, 0.05) is 7.05 Å². The first-order valence-corrected chi connectivity index (χ1v) is 5.00. The highest BCUT2D eigenvalue weighted by Gasteiger charge is 2.20. The fourth-order valence-corrected chi connectivity index (χ4v) is 2.00. The van der Waals surface area contributed by atoms with Crippen LogP contribution in [0.4, 0.5) is 0 Å². The molecule has 2 rings (SSSR count). The number of hydrogen-bond acceptors (Lipinski definition) is 2. The van der Waals surface area contributed by atoms with E-state index in [0.717, 1.165) is 31.8 Å². The van der Waals surface area contributed by atoms with Crippen molar-refractivity contribution in [2.24, 2.45) is 0 Å². The molecule has 0 amide bonds. The zero-order valence-electron chi connectivity index (χ0n) is 7.14. The minimum atomic E-state index is 0.812. The molecule has 0 N–H and O–H groups in total. The third-order valence-electron chi connectivity index (χ3n) is 2.32. The Morgan fingerprint density at radius 3 is 3.17 bits per heavy atom. The lowest BCUT2D eigenvalue weighted by atomic mass is 10.1. The second kappa shape index (κ2) is 3.13. The summed E-state index contributed by atoms with van der Waals surface area (Å²) in [5.74, 6) is 1.06. The van der Waals surface area contributed by atoms with Crippen LogP contribution in [0.1, 0.15) is 12.8 Å². The third-order valence-corrected chi connectivity index (χ3v) is 2.94. The van der Waals surface area contributed by atoms with Crippen LogP contribution >= 0.6 is 15.9 Å². The van der Waals surface area contributed by atoms with Gasteiger partial charge in [0.2, 0.25) is 0 Å². The highest BCUT2D eigenvalue weighted by molar-refractivity contribution is 9.11. The van der Waals surface area contributed by atoms with Gasteiger partial charge in [-0.25, -0.2) is 0 Å². The SMILES string of the molecule is CN1CCOC2=C1CCC(Br)=C2. The Balaban J connectivity index is 2.30. The average Bonchev–Trinajstić information content (AvgIpc) is 2.04. The van der Waals surface area contributed by atoms with Crippen LogP contribution in [0.25, 0.3) is 0 Å². The van der Waals surface area contributed by atoms with Crippen molar-refractivity contribution in [1.29, 1.82) is 0 Å². The smallest absolute Gasteiger partial charge is 0.139 e. The van der Waals surface area contributed by atoms with E-state index in [2.05, 4.69) is 34.0 Å². The molecule has 0 atom stereocenters. The van der Waals surface area contributed by atoms with Crippen molar-refractivity contribution in [3.05, 3.63) is 22.0 Å². The first-order chi connectivity index (χ1) is 5.77. The third kappa shape index (κ3) is 1.38. The van der Waals surface area contributed by atoms with Gasteiger partial charge in [-0.2, -0.15) is 0 Å². The topological polar surface area (TPSA) is 12.5 Å². The minimum absolute atomic E-state index is 0.812. The molecule has 1 heterocycles. The van der Waals surface area contributed by atoms with Crippen molar-refractivity contribution in [3.63, 3.8) is 0 Å². The molecule has 3 heteroatoms. The van der Waals surface area contributed by atoms with Crippen molar-refractivity contribution in [2.75, 3.05) is 20.2 Å². The molecule has 0 bridgehead atoms. The van der Waals surface area contributed by atoms with Gasteiger partial charge >= 0.3 is 0 Å². The van der Waals surface area contributed by atoms with Gasteiger partial charge in [0.05, 0.1) is 12.2 Å². The first-order valence-electron chi connectivity index (χ1n) is 4.20. The summed E-state index contributed by atoms with van der Waals surface area (Å²) in [4.78, 5) is 2.29. The van der Waals surface area contributed by atoms with Crippen molar-refractivity contribution in [3.8, 4) is 0 Å². The molecule has 0 spiro atoms. The van der Waals surface area contributed by atoms with Crippen LogP contribution < -0.4 is 0 Å². The van der Waals surface area contributed by atoms with E-state index in [4.69, 9.17) is 4.74 Å². The molecule has 12 heavy (non-hydrogen) atoms. The highest BCUT2D eigenvalue weighted by Crippen LogP contribution is 2.31. The van der Waals surface area contributed by atoms with E-state index in [1.807, 2.05) is 0 Å². The Bertz CT molecular complexity index is 257. The van der Waals surface area contributed by atoms with E-state index in [-0.39, 0.29) is 0 Å². The average molecular weight is 230 g/mol. The summed E-state index contributed by atoms with van der Waals surface area (Å²) in [6.07, 6.45) is 4.30. The van der Waals surface area contributed by atoms with E-state index in [0.29, 0.717) is 0 Å². The Morgan fingerprint density at radius 2 is 2.33 bits per heavy atom. The van der Waals surface area contributed by atoms with E-state index >= 15 is 0 Å². The first kappa shape index (κ1) is 8.17. The van der Waals surface area contributed by atoms with Gasteiger partial charge in [-0.15, -0.1) is 0 Å². The monoisotopic (exact) mass is 229 g/mol. The molecule has 0 aromatic rings. The summed E-state index contributed by atoms with van der Waals surface area (Å²) in [5.41, 5.74) is 1.35. The van der Waals surface area contributed by atoms with Crippen LogP contribution in [0, 0.1) is 0 Å². The Hall–Kier alpha value is -0.440. The van der Waals surface area contributed by atoms with Crippen LogP contribution in [0.3, 0.4) is 0 Å². The van der Waals surface area contributed by atoms with Crippen molar-refractivity contribution >= 4 is 15.9 Å². The molecule has 0 aromatic heterocycles. The van der Waals surface area contributed by atoms with Crippen LogP contribution in [0.5, 0.6) is 0 Å². The standard InChI is InChI=1S/C9H12BrNO/c1-11-4-5-12-9-6-7(10)2-3-8(9)11/h6H,2-5H2,1H3. The molecule has 2 nitrogen and oxygen atoms in total. The molecular formula is C9H12BrNO. The normalized spacial score (nSPS) is 23.2. The van der Waals surface area contributed by atoms with E-state index in [9.17, 15) is 0 Å². The molecule has 66 valence electrons. The second-order valence-electron chi connectivity index (χ2n) is 3.17. The summed E-state index contributed by atoms with van der Waals surface area (Å²) < 4.78 is 6.80. The molecular weight excluding hydrogens is 218 g/mol. The zero-order chi connectivity index (χ0) is 8.55. The number of likely N-dealkylation sites (N-methyl/N-ethyl adjacent to an activating group) is 1. The largest absolute Gasteiger partial charge is 0.490 e. The van der Waals surface area contributed by atoms with Gasteiger partial charge < -0.3 is 9.64 Å². The lowest BCUT2D eigenvalue weighted by Gasteiger charge is -2.31. The molecule has 0 saturated heterocycles. The molecule has 0 radical (unpaired) electrons. The fraction of sp³-hybridized carbons (Fsp3) is 0.556. The lowest BCUT2D eigenvalue weighted by molar-refractivity contribution is 0.146. The van der Waals surface area contributed by atoms with Gasteiger partial charge in [-0.05, 0) is 23.4 Å². The van der Waals surface area contributed by atoms with E-state index < -0.39 is 0 Å². The molecule has 1 aliphatic heterocycles. The Kier molecular flexibility index (Phi) is 2.13. The number of halogens is 1. The summed E-state index contributed by atoms with van der Waals surface area (Å²) in [6, 6.07) is 0. The summed E-state index contributed by atoms with van der Waals surface area (Å²) in [6.45, 7) is 1.83. The number of rotatable bonds is 0. The molecule has 0 saturated carbocycles. The molecule has 0 aromatic carbocycles. The maximum atomic E-state index is 5.55. The fourth-order valence-electron chi connectivity index (χ4n) is 1.59. The summed E-state index contributed by atoms with van der Waals surface area (Å²) >= 11 is 3.50. The summed E-state index contributed by atoms with van der Waals surface area (Å²) in [5, 5.41) is 0. The Labute approximate surface area is 81.0 Å². The summed E-state index contributed by atoms with van der Waals surface area (Å²) in [7, 11) is 2.13. The molecule has 1 aliphatic carbocycles. The zero-order valence-corrected chi connectivity index (χ0v) is 8.73. The number of ether oxygens (including phenoxy) is 1. The van der Waals surface area contributed by atoms with Gasteiger partial charge in [0.15, 0.2) is 0 Å². The van der Waals surface area contributed by atoms with E-state index in [1.165, 1.54) is 10.2 Å². The van der Waals surface area contributed by atoms with Crippen LogP contribution in [-0.4, -0.2) is 25.1 Å². The van der Waals surface area contributed by atoms with Gasteiger partial charge in [-0.1, -0.05) is 15.9 Å². The maximum Gasteiger partial charge on any atom is 0.139 e. The predicted molar refractivity (Wildman–Crippen MR) is 51.9 cm³/mol. The van der Waals surface area contributed by atoms with Gasteiger partial charge in [0.1, 0.15) is 12.4 Å². The van der Waals surface area contributed by atoms with Crippen molar-refractivity contribution in [1.82, 2.24) is 4.90 Å². The molecule has 0 unspecified atom stereocenters. The molecule has 2 aliphatic rings. The van der Waals surface area contributed by atoms with Crippen LogP contribution in [0.15, 0.2) is 22.0 Å². The van der Waals surface area contributed by atoms with Crippen molar-refractivity contribution < 1.29 is 4.74 Å². The molecule has 0 fully saturated rings. The number of nitrogens with zero attached hydrogens (tertiary/aromatic N) is 1. The van der Waals surface area contributed by atoms with Crippen molar-refractivity contribution in [2.45, 2.75) is 12.8 Å². The van der Waals surface area contributed by atoms with Gasteiger partial charge in [-0.3, -0.25) is 0 Å². The van der Waals surface area contributed by atoms with Gasteiger partial charge in [0.25, 0.3) is 0 Å². The minimum Gasteiger partial charge on any atom is -0.490 e.